The van der Waals surface area contributed by atoms with Gasteiger partial charge in [0.1, 0.15) is 0 Å². The molecule has 0 spiro atoms. The molecule has 92 valence electrons. The molecule has 1 aromatic rings. The number of hydrogen-bond donors (Lipinski definition) is 1. The minimum absolute atomic E-state index is 0.112. The van der Waals surface area contributed by atoms with Gasteiger partial charge in [-0.1, -0.05) is 19.3 Å². The molecule has 1 N–H and O–H groups in total. The maximum Gasteiger partial charge on any atom is 0.270 e. The van der Waals surface area contributed by atoms with Crippen LogP contribution in [0.5, 0.6) is 0 Å². The monoisotopic (exact) mass is 298 g/mol. The van der Waals surface area contributed by atoms with Crippen LogP contribution in [0.3, 0.4) is 0 Å². The molecule has 0 heterocycles. The molecular weight excluding hydrogens is 284 g/mol. The Hall–Kier alpha value is -1.10. The first-order chi connectivity index (χ1) is 8.16. The third-order valence-electron chi connectivity index (χ3n) is 3.26. The van der Waals surface area contributed by atoms with E-state index in [0.717, 1.165) is 22.6 Å². The van der Waals surface area contributed by atoms with Gasteiger partial charge in [-0.15, -0.1) is 0 Å². The molecule has 1 aliphatic rings. The molecule has 0 saturated heterocycles. The van der Waals surface area contributed by atoms with Gasteiger partial charge in [-0.3, -0.25) is 10.1 Å². The van der Waals surface area contributed by atoms with E-state index >= 15 is 0 Å². The zero-order chi connectivity index (χ0) is 12.3. The average Bonchev–Trinajstić information content (AvgIpc) is 2.23. The molecule has 1 saturated carbocycles. The number of nitro groups is 1. The first-order valence-corrected chi connectivity index (χ1v) is 6.64. The summed E-state index contributed by atoms with van der Waals surface area (Å²) in [5, 5.41) is 13.9. The van der Waals surface area contributed by atoms with Gasteiger partial charge in [0.2, 0.25) is 0 Å². The molecule has 2 rings (SSSR count). The van der Waals surface area contributed by atoms with Crippen molar-refractivity contribution in [3.8, 4) is 0 Å². The normalized spacial score (nSPS) is 15.4. The molecule has 0 atom stereocenters. The molecule has 0 aromatic heterocycles. The van der Waals surface area contributed by atoms with E-state index in [4.69, 9.17) is 0 Å². The highest BCUT2D eigenvalue weighted by molar-refractivity contribution is 9.10. The van der Waals surface area contributed by atoms with Crippen molar-refractivity contribution < 1.29 is 4.92 Å². The van der Waals surface area contributed by atoms with E-state index < -0.39 is 0 Å². The Bertz CT molecular complexity index is 419. The number of nitro benzene ring substituents is 1. The maximum absolute atomic E-state index is 10.6. The van der Waals surface area contributed by atoms with Gasteiger partial charge in [0, 0.05) is 28.8 Å². The molecule has 0 unspecified atom stereocenters. The Morgan fingerprint density at radius 3 is 2.76 bits per heavy atom. The van der Waals surface area contributed by atoms with Crippen LogP contribution in [-0.2, 0) is 0 Å². The van der Waals surface area contributed by atoms with Crippen LogP contribution >= 0.6 is 15.9 Å². The molecule has 4 nitrogen and oxygen atoms in total. The summed E-state index contributed by atoms with van der Waals surface area (Å²) >= 11 is 3.35. The summed E-state index contributed by atoms with van der Waals surface area (Å²) in [6.45, 7) is 0.932. The number of nitrogens with one attached hydrogen (secondary N) is 1. The van der Waals surface area contributed by atoms with E-state index in [1.807, 2.05) is 0 Å². The van der Waals surface area contributed by atoms with Crippen molar-refractivity contribution in [1.82, 2.24) is 0 Å². The molecule has 0 radical (unpaired) electrons. The Morgan fingerprint density at radius 2 is 2.24 bits per heavy atom. The summed E-state index contributed by atoms with van der Waals surface area (Å²) in [5.41, 5.74) is 1.04. The Morgan fingerprint density at radius 1 is 1.47 bits per heavy atom. The molecule has 17 heavy (non-hydrogen) atoms. The van der Waals surface area contributed by atoms with E-state index in [1.165, 1.54) is 37.8 Å². The van der Waals surface area contributed by atoms with Crippen LogP contribution in [0.4, 0.5) is 11.4 Å². The van der Waals surface area contributed by atoms with E-state index in [0.29, 0.717) is 0 Å². The average molecular weight is 299 g/mol. The van der Waals surface area contributed by atoms with Gasteiger partial charge in [-0.05, 0) is 34.3 Å². The molecule has 5 heteroatoms. The fourth-order valence-corrected chi connectivity index (χ4v) is 2.46. The minimum atomic E-state index is -0.386. The van der Waals surface area contributed by atoms with Crippen LogP contribution in [0.2, 0.25) is 0 Å². The number of anilines is 1. The van der Waals surface area contributed by atoms with Gasteiger partial charge in [0.15, 0.2) is 0 Å². The summed E-state index contributed by atoms with van der Waals surface area (Å²) in [4.78, 5) is 10.2. The minimum Gasteiger partial charge on any atom is -0.384 e. The second-order valence-corrected chi connectivity index (χ2v) is 5.29. The predicted molar refractivity (Wildman–Crippen MR) is 71.2 cm³/mol. The molecule has 0 amide bonds. The number of benzene rings is 1. The molecule has 1 fully saturated rings. The van der Waals surface area contributed by atoms with Crippen molar-refractivity contribution in [3.63, 3.8) is 0 Å². The fraction of sp³-hybridized carbons (Fsp3) is 0.500. The molecule has 1 aliphatic carbocycles. The first kappa shape index (κ1) is 12.4. The highest BCUT2D eigenvalue weighted by Gasteiger charge is 2.16. The smallest absolute Gasteiger partial charge is 0.270 e. The Kier molecular flexibility index (Phi) is 3.99. The second-order valence-electron chi connectivity index (χ2n) is 4.43. The number of rotatable bonds is 5. The van der Waals surface area contributed by atoms with Crippen LogP contribution < -0.4 is 5.32 Å². The fourth-order valence-electron chi connectivity index (χ4n) is 1.95. The zero-order valence-electron chi connectivity index (χ0n) is 9.49. The van der Waals surface area contributed by atoms with Crippen molar-refractivity contribution in [3.05, 3.63) is 32.8 Å². The lowest BCUT2D eigenvalue weighted by Crippen LogP contribution is -2.15. The Labute approximate surface area is 109 Å². The number of non-ortho nitro benzene ring substituents is 1. The third kappa shape index (κ3) is 3.19. The first-order valence-electron chi connectivity index (χ1n) is 5.84. The van der Waals surface area contributed by atoms with E-state index in [2.05, 4.69) is 21.2 Å². The van der Waals surface area contributed by atoms with E-state index in [9.17, 15) is 10.1 Å². The topological polar surface area (TPSA) is 55.2 Å². The molecular formula is C12H15BrN2O2. The SMILES string of the molecule is O=[N+]([O-])c1ccc(NCCC2CCC2)c(Br)c1. The van der Waals surface area contributed by atoms with Gasteiger partial charge in [-0.25, -0.2) is 0 Å². The van der Waals surface area contributed by atoms with Gasteiger partial charge in [0.25, 0.3) is 5.69 Å². The highest BCUT2D eigenvalue weighted by Crippen LogP contribution is 2.30. The van der Waals surface area contributed by atoms with Crippen LogP contribution in [-0.4, -0.2) is 11.5 Å². The zero-order valence-corrected chi connectivity index (χ0v) is 11.1. The molecule has 0 bridgehead atoms. The van der Waals surface area contributed by atoms with Crippen molar-refractivity contribution in [1.29, 1.82) is 0 Å². The molecule has 1 aromatic carbocycles. The van der Waals surface area contributed by atoms with Crippen molar-refractivity contribution in [2.75, 3.05) is 11.9 Å². The van der Waals surface area contributed by atoms with Crippen LogP contribution in [0.1, 0.15) is 25.7 Å². The largest absolute Gasteiger partial charge is 0.384 e. The summed E-state index contributed by atoms with van der Waals surface area (Å²) in [6, 6.07) is 4.81. The van der Waals surface area contributed by atoms with Crippen molar-refractivity contribution in [2.24, 2.45) is 5.92 Å². The quantitative estimate of drug-likeness (QED) is 0.661. The summed E-state index contributed by atoms with van der Waals surface area (Å²) in [6.07, 6.45) is 5.25. The maximum atomic E-state index is 10.6. The van der Waals surface area contributed by atoms with Gasteiger partial charge in [-0.2, -0.15) is 0 Å². The standard InChI is InChI=1S/C12H15BrN2O2/c13-11-8-10(15(16)17)4-5-12(11)14-7-6-9-2-1-3-9/h4-5,8-9,14H,1-3,6-7H2. The lowest BCUT2D eigenvalue weighted by atomic mass is 9.83. The van der Waals surface area contributed by atoms with Crippen molar-refractivity contribution in [2.45, 2.75) is 25.7 Å². The number of halogens is 1. The van der Waals surface area contributed by atoms with Crippen LogP contribution in [0.15, 0.2) is 22.7 Å². The van der Waals surface area contributed by atoms with E-state index in [-0.39, 0.29) is 10.6 Å². The van der Waals surface area contributed by atoms with Gasteiger partial charge in [0.05, 0.1) is 4.92 Å². The third-order valence-corrected chi connectivity index (χ3v) is 3.91. The highest BCUT2D eigenvalue weighted by atomic mass is 79.9. The van der Waals surface area contributed by atoms with E-state index in [1.54, 1.807) is 6.07 Å². The van der Waals surface area contributed by atoms with Crippen LogP contribution in [0.25, 0.3) is 0 Å². The number of hydrogen-bond acceptors (Lipinski definition) is 3. The summed E-state index contributed by atoms with van der Waals surface area (Å²) in [7, 11) is 0. The molecule has 0 aliphatic heterocycles. The van der Waals surface area contributed by atoms with Gasteiger partial charge >= 0.3 is 0 Å². The van der Waals surface area contributed by atoms with Crippen molar-refractivity contribution >= 4 is 27.3 Å². The second kappa shape index (κ2) is 5.49. The summed E-state index contributed by atoms with van der Waals surface area (Å²) in [5.74, 6) is 0.874. The lowest BCUT2D eigenvalue weighted by molar-refractivity contribution is -0.384. The number of nitrogens with zero attached hydrogens (tertiary/aromatic N) is 1. The predicted octanol–water partition coefficient (Wildman–Crippen LogP) is 3.96. The lowest BCUT2D eigenvalue weighted by Gasteiger charge is -2.25. The van der Waals surface area contributed by atoms with Crippen LogP contribution in [0, 0.1) is 16.0 Å². The Balaban J connectivity index is 1.89. The summed E-state index contributed by atoms with van der Waals surface area (Å²) < 4.78 is 0.750. The van der Waals surface area contributed by atoms with Gasteiger partial charge < -0.3 is 5.32 Å².